The summed E-state index contributed by atoms with van der Waals surface area (Å²) in [6.07, 6.45) is -5.64. The SMILES string of the molecule is O=C(O)CC(=O)Nc1c(Cl)cccc1C(F)(F)F. The Hall–Kier alpha value is -1.76. The molecule has 0 heterocycles. The maximum atomic E-state index is 12.6. The van der Waals surface area contributed by atoms with Crippen LogP contribution < -0.4 is 5.32 Å². The summed E-state index contributed by atoms with van der Waals surface area (Å²) in [7, 11) is 0. The molecule has 0 saturated heterocycles. The predicted octanol–water partition coefficient (Wildman–Crippen LogP) is 2.77. The maximum absolute atomic E-state index is 12.6. The van der Waals surface area contributed by atoms with Gasteiger partial charge in [0.15, 0.2) is 0 Å². The van der Waals surface area contributed by atoms with Gasteiger partial charge in [-0.05, 0) is 12.1 Å². The Morgan fingerprint density at radius 1 is 1.33 bits per heavy atom. The quantitative estimate of drug-likeness (QED) is 0.837. The molecule has 0 aromatic heterocycles. The number of alkyl halides is 3. The van der Waals surface area contributed by atoms with Gasteiger partial charge >= 0.3 is 12.1 Å². The van der Waals surface area contributed by atoms with E-state index in [1.54, 1.807) is 0 Å². The molecule has 0 aliphatic heterocycles. The van der Waals surface area contributed by atoms with Gasteiger partial charge in [0, 0.05) is 0 Å². The zero-order valence-corrected chi connectivity index (χ0v) is 9.47. The number of carbonyl (C=O) groups is 2. The number of hydrogen-bond acceptors (Lipinski definition) is 2. The highest BCUT2D eigenvalue weighted by molar-refractivity contribution is 6.34. The minimum Gasteiger partial charge on any atom is -0.481 e. The van der Waals surface area contributed by atoms with E-state index in [0.717, 1.165) is 18.2 Å². The molecule has 18 heavy (non-hydrogen) atoms. The summed E-state index contributed by atoms with van der Waals surface area (Å²) >= 11 is 5.55. The number of para-hydroxylation sites is 1. The van der Waals surface area contributed by atoms with E-state index in [1.165, 1.54) is 0 Å². The van der Waals surface area contributed by atoms with E-state index < -0.39 is 35.7 Å². The summed E-state index contributed by atoms with van der Waals surface area (Å²) in [6.45, 7) is 0. The minimum absolute atomic E-state index is 0.316. The summed E-state index contributed by atoms with van der Waals surface area (Å²) in [5.74, 6) is -2.53. The monoisotopic (exact) mass is 281 g/mol. The standard InChI is InChI=1S/C10H7ClF3NO3/c11-6-3-1-2-5(10(12,13)14)9(6)15-7(16)4-8(17)18/h1-3H,4H2,(H,15,16)(H,17,18). The number of halogens is 4. The summed E-state index contributed by atoms with van der Waals surface area (Å²) < 4.78 is 37.8. The highest BCUT2D eigenvalue weighted by Gasteiger charge is 2.34. The van der Waals surface area contributed by atoms with Crippen molar-refractivity contribution in [3.05, 3.63) is 28.8 Å². The molecule has 1 aromatic rings. The molecule has 0 fully saturated rings. The van der Waals surface area contributed by atoms with E-state index in [2.05, 4.69) is 0 Å². The van der Waals surface area contributed by atoms with Crippen molar-refractivity contribution in [2.75, 3.05) is 5.32 Å². The van der Waals surface area contributed by atoms with Crippen molar-refractivity contribution in [1.82, 2.24) is 0 Å². The molecular weight excluding hydrogens is 275 g/mol. The van der Waals surface area contributed by atoms with Crippen molar-refractivity contribution in [1.29, 1.82) is 0 Å². The number of aliphatic carboxylic acids is 1. The molecule has 0 spiro atoms. The molecule has 0 bridgehead atoms. The van der Waals surface area contributed by atoms with Crippen molar-refractivity contribution in [2.45, 2.75) is 12.6 Å². The van der Waals surface area contributed by atoms with Crippen molar-refractivity contribution < 1.29 is 27.9 Å². The highest BCUT2D eigenvalue weighted by atomic mass is 35.5. The molecule has 0 atom stereocenters. The Labute approximate surface area is 104 Å². The summed E-state index contributed by atoms with van der Waals surface area (Å²) in [4.78, 5) is 21.4. The molecule has 0 saturated carbocycles. The third-order valence-electron chi connectivity index (χ3n) is 1.90. The number of benzene rings is 1. The number of nitrogens with one attached hydrogen (secondary N) is 1. The number of carboxylic acids is 1. The van der Waals surface area contributed by atoms with Crippen molar-refractivity contribution in [2.24, 2.45) is 0 Å². The molecule has 0 unspecified atom stereocenters. The Kier molecular flexibility index (Phi) is 4.18. The van der Waals surface area contributed by atoms with E-state index in [0.29, 0.717) is 0 Å². The van der Waals surface area contributed by atoms with E-state index in [4.69, 9.17) is 16.7 Å². The van der Waals surface area contributed by atoms with Gasteiger partial charge in [0.2, 0.25) is 5.91 Å². The second-order valence-corrected chi connectivity index (χ2v) is 3.69. The first kappa shape index (κ1) is 14.3. The number of anilines is 1. The van der Waals surface area contributed by atoms with Crippen molar-refractivity contribution in [3.8, 4) is 0 Å². The molecule has 0 aliphatic carbocycles. The number of amides is 1. The van der Waals surface area contributed by atoms with Crippen LogP contribution in [0.1, 0.15) is 12.0 Å². The van der Waals surface area contributed by atoms with E-state index in [-0.39, 0.29) is 5.02 Å². The van der Waals surface area contributed by atoms with E-state index >= 15 is 0 Å². The lowest BCUT2D eigenvalue weighted by Crippen LogP contribution is -2.19. The van der Waals surface area contributed by atoms with Gasteiger partial charge in [0.05, 0.1) is 16.3 Å². The molecular formula is C10H7ClF3NO3. The topological polar surface area (TPSA) is 66.4 Å². The third-order valence-corrected chi connectivity index (χ3v) is 2.21. The fourth-order valence-corrected chi connectivity index (χ4v) is 1.43. The van der Waals surface area contributed by atoms with Gasteiger partial charge in [0.1, 0.15) is 6.42 Å². The number of hydrogen-bond donors (Lipinski definition) is 2. The van der Waals surface area contributed by atoms with Gasteiger partial charge < -0.3 is 10.4 Å². The zero-order valence-electron chi connectivity index (χ0n) is 8.71. The normalized spacial score (nSPS) is 11.1. The molecule has 1 aromatic carbocycles. The first-order valence-electron chi connectivity index (χ1n) is 4.59. The largest absolute Gasteiger partial charge is 0.481 e. The summed E-state index contributed by atoms with van der Waals surface area (Å²) in [5.41, 5.74) is -1.77. The van der Waals surface area contributed by atoms with E-state index in [1.807, 2.05) is 5.32 Å². The predicted molar refractivity (Wildman–Crippen MR) is 57.3 cm³/mol. The molecule has 1 amide bonds. The summed E-state index contributed by atoms with van der Waals surface area (Å²) in [6, 6.07) is 2.98. The smallest absolute Gasteiger partial charge is 0.418 e. The summed E-state index contributed by atoms with van der Waals surface area (Å²) in [5, 5.41) is 9.87. The van der Waals surface area contributed by atoms with Crippen LogP contribution in [0.15, 0.2) is 18.2 Å². The van der Waals surface area contributed by atoms with Crippen molar-refractivity contribution in [3.63, 3.8) is 0 Å². The Bertz CT molecular complexity index is 488. The minimum atomic E-state index is -4.70. The lowest BCUT2D eigenvalue weighted by molar-refractivity contribution is -0.139. The van der Waals surface area contributed by atoms with Crippen LogP contribution in [0.2, 0.25) is 5.02 Å². The number of carboxylic acid groups (broad SMARTS) is 1. The van der Waals surface area contributed by atoms with Crippen LogP contribution in [0.4, 0.5) is 18.9 Å². The van der Waals surface area contributed by atoms with Gasteiger partial charge in [0.25, 0.3) is 0 Å². The van der Waals surface area contributed by atoms with Gasteiger partial charge in [-0.15, -0.1) is 0 Å². The molecule has 0 radical (unpaired) electrons. The average molecular weight is 282 g/mol. The lowest BCUT2D eigenvalue weighted by Gasteiger charge is -2.14. The van der Waals surface area contributed by atoms with Crippen LogP contribution in [-0.2, 0) is 15.8 Å². The molecule has 0 aliphatic rings. The van der Waals surface area contributed by atoms with Crippen LogP contribution in [0.5, 0.6) is 0 Å². The molecule has 4 nitrogen and oxygen atoms in total. The molecule has 98 valence electrons. The third kappa shape index (κ3) is 3.63. The van der Waals surface area contributed by atoms with Crippen LogP contribution in [-0.4, -0.2) is 17.0 Å². The fourth-order valence-electron chi connectivity index (χ4n) is 1.21. The Morgan fingerprint density at radius 2 is 1.94 bits per heavy atom. The van der Waals surface area contributed by atoms with Crippen LogP contribution in [0.25, 0.3) is 0 Å². The first-order chi connectivity index (χ1) is 8.21. The number of rotatable bonds is 3. The average Bonchev–Trinajstić information content (AvgIpc) is 2.18. The van der Waals surface area contributed by atoms with Gasteiger partial charge in [-0.2, -0.15) is 13.2 Å². The first-order valence-corrected chi connectivity index (χ1v) is 4.97. The van der Waals surface area contributed by atoms with Gasteiger partial charge in [-0.25, -0.2) is 0 Å². The van der Waals surface area contributed by atoms with Crippen molar-refractivity contribution >= 4 is 29.2 Å². The maximum Gasteiger partial charge on any atom is 0.418 e. The number of carbonyl (C=O) groups excluding carboxylic acids is 1. The zero-order chi connectivity index (χ0) is 13.9. The molecule has 1 rings (SSSR count). The highest BCUT2D eigenvalue weighted by Crippen LogP contribution is 2.38. The van der Waals surface area contributed by atoms with Crippen LogP contribution >= 0.6 is 11.6 Å². The second-order valence-electron chi connectivity index (χ2n) is 3.28. The molecule has 8 heteroatoms. The van der Waals surface area contributed by atoms with Gasteiger partial charge in [-0.1, -0.05) is 17.7 Å². The molecule has 2 N–H and O–H groups in total. The Morgan fingerprint density at radius 3 is 2.44 bits per heavy atom. The Balaban J connectivity index is 3.08. The van der Waals surface area contributed by atoms with Gasteiger partial charge in [-0.3, -0.25) is 9.59 Å². The fraction of sp³-hybridized carbons (Fsp3) is 0.200. The van der Waals surface area contributed by atoms with E-state index in [9.17, 15) is 22.8 Å². The van der Waals surface area contributed by atoms with Crippen LogP contribution in [0, 0.1) is 0 Å². The lowest BCUT2D eigenvalue weighted by atomic mass is 10.1. The second kappa shape index (κ2) is 5.26. The van der Waals surface area contributed by atoms with Crippen LogP contribution in [0.3, 0.4) is 0 Å².